The van der Waals surface area contributed by atoms with E-state index < -0.39 is 0 Å². The van der Waals surface area contributed by atoms with Crippen LogP contribution in [0.2, 0.25) is 0 Å². The number of hydrogen-bond donors (Lipinski definition) is 1. The topological polar surface area (TPSA) is 49.7 Å². The summed E-state index contributed by atoms with van der Waals surface area (Å²) in [6.07, 6.45) is 0. The number of H-pyrrole nitrogens is 1. The third kappa shape index (κ3) is 2.77. The van der Waals surface area contributed by atoms with E-state index in [9.17, 15) is 0 Å². The second-order valence-corrected chi connectivity index (χ2v) is 6.67. The molecule has 1 unspecified atom stereocenters. The van der Waals surface area contributed by atoms with E-state index in [1.165, 1.54) is 5.56 Å². The first-order chi connectivity index (χ1) is 10.9. The highest BCUT2D eigenvalue weighted by molar-refractivity contribution is 5.79. The minimum Gasteiger partial charge on any atom is -0.335 e. The summed E-state index contributed by atoms with van der Waals surface area (Å²) in [5.41, 5.74) is 5.35. The Balaban J connectivity index is 2.07. The maximum atomic E-state index is 4.80. The van der Waals surface area contributed by atoms with Gasteiger partial charge in [0, 0.05) is 17.6 Å². The highest BCUT2D eigenvalue weighted by Crippen LogP contribution is 2.27. The normalized spacial score (nSPS) is 13.4. The summed E-state index contributed by atoms with van der Waals surface area (Å²) < 4.78 is 1.98. The first kappa shape index (κ1) is 15.7. The number of nitrogens with zero attached hydrogens (tertiary/aromatic N) is 4. The number of aryl methyl sites for hydroxylation is 1. The second-order valence-electron chi connectivity index (χ2n) is 6.67. The molecule has 5 nitrogen and oxygen atoms in total. The number of fused-ring (bicyclic) bond motifs is 1. The Morgan fingerprint density at radius 2 is 1.91 bits per heavy atom. The van der Waals surface area contributed by atoms with Gasteiger partial charge in [-0.15, -0.1) is 0 Å². The van der Waals surface area contributed by atoms with E-state index in [0.29, 0.717) is 12.1 Å². The Morgan fingerprint density at radius 3 is 2.57 bits per heavy atom. The van der Waals surface area contributed by atoms with Crippen LogP contribution >= 0.6 is 0 Å². The van der Waals surface area contributed by atoms with Crippen molar-refractivity contribution < 1.29 is 0 Å². The maximum absolute atomic E-state index is 4.80. The Labute approximate surface area is 137 Å². The number of benzene rings is 1. The van der Waals surface area contributed by atoms with Crippen molar-refractivity contribution in [1.82, 2.24) is 24.6 Å². The molecule has 1 N–H and O–H groups in total. The molecule has 0 fully saturated rings. The number of nitrogens with one attached hydrogen (secondary N) is 1. The van der Waals surface area contributed by atoms with E-state index in [0.717, 1.165) is 28.2 Å². The van der Waals surface area contributed by atoms with E-state index in [-0.39, 0.29) is 0 Å². The molecule has 0 bridgehead atoms. The summed E-state index contributed by atoms with van der Waals surface area (Å²) in [5.74, 6) is 0.905. The number of imidazole rings is 1. The molecule has 3 rings (SSSR count). The molecule has 0 aliphatic heterocycles. The van der Waals surface area contributed by atoms with Crippen molar-refractivity contribution in [3.63, 3.8) is 0 Å². The van der Waals surface area contributed by atoms with E-state index in [1.54, 1.807) is 0 Å². The SMILES string of the molecule is Cc1nn(C(C)C)c2nc(-c3cccc(C(C)N(C)C)c3)[nH]c12. The van der Waals surface area contributed by atoms with E-state index >= 15 is 0 Å². The zero-order valence-electron chi connectivity index (χ0n) is 14.8. The quantitative estimate of drug-likeness (QED) is 0.794. The van der Waals surface area contributed by atoms with Crippen molar-refractivity contribution in [2.45, 2.75) is 39.8 Å². The van der Waals surface area contributed by atoms with E-state index in [4.69, 9.17) is 4.98 Å². The van der Waals surface area contributed by atoms with Gasteiger partial charge in [0.2, 0.25) is 0 Å². The fraction of sp³-hybridized carbons (Fsp3) is 0.444. The Kier molecular flexibility index (Phi) is 3.98. The standard InChI is InChI=1S/C18H25N5/c1-11(2)23-18-16(12(3)21-23)19-17(20-18)15-9-7-8-14(10-15)13(4)22(5)6/h7-11,13H,1-6H3,(H,19,20). The molecule has 1 aromatic carbocycles. The first-order valence-corrected chi connectivity index (χ1v) is 8.10. The summed E-state index contributed by atoms with van der Waals surface area (Å²) >= 11 is 0. The number of hydrogen-bond acceptors (Lipinski definition) is 3. The molecule has 0 radical (unpaired) electrons. The van der Waals surface area contributed by atoms with Crippen LogP contribution in [-0.2, 0) is 0 Å². The monoisotopic (exact) mass is 311 g/mol. The van der Waals surface area contributed by atoms with Crippen molar-refractivity contribution >= 4 is 11.2 Å². The maximum Gasteiger partial charge on any atom is 0.177 e. The molecule has 122 valence electrons. The van der Waals surface area contributed by atoms with Gasteiger partial charge < -0.3 is 9.88 Å². The third-order valence-electron chi connectivity index (χ3n) is 4.43. The largest absolute Gasteiger partial charge is 0.335 e. The van der Waals surface area contributed by atoms with Gasteiger partial charge in [-0.25, -0.2) is 9.67 Å². The Hall–Kier alpha value is -2.14. The summed E-state index contributed by atoms with van der Waals surface area (Å²) in [7, 11) is 4.19. The number of rotatable bonds is 4. The van der Waals surface area contributed by atoms with Gasteiger partial charge in [0.05, 0.1) is 5.69 Å². The van der Waals surface area contributed by atoms with Crippen molar-refractivity contribution in [3.05, 3.63) is 35.5 Å². The molecule has 0 amide bonds. The molecular weight excluding hydrogens is 286 g/mol. The third-order valence-corrected chi connectivity index (χ3v) is 4.43. The average Bonchev–Trinajstić information content (AvgIpc) is 3.07. The predicted octanol–water partition coefficient (Wildman–Crippen LogP) is 3.94. The van der Waals surface area contributed by atoms with Crippen LogP contribution in [0.5, 0.6) is 0 Å². The summed E-state index contributed by atoms with van der Waals surface area (Å²) in [5, 5.41) is 4.57. The molecule has 0 aliphatic carbocycles. The lowest BCUT2D eigenvalue weighted by Gasteiger charge is -2.20. The highest BCUT2D eigenvalue weighted by Gasteiger charge is 2.16. The van der Waals surface area contributed by atoms with Gasteiger partial charge in [0.25, 0.3) is 0 Å². The van der Waals surface area contributed by atoms with Crippen LogP contribution in [0.25, 0.3) is 22.6 Å². The minimum atomic E-state index is 0.294. The zero-order valence-corrected chi connectivity index (χ0v) is 14.8. The summed E-state index contributed by atoms with van der Waals surface area (Å²) in [4.78, 5) is 10.5. The van der Waals surface area contributed by atoms with Crippen LogP contribution in [-0.4, -0.2) is 38.7 Å². The molecule has 23 heavy (non-hydrogen) atoms. The highest BCUT2D eigenvalue weighted by atomic mass is 15.3. The van der Waals surface area contributed by atoms with Gasteiger partial charge >= 0.3 is 0 Å². The first-order valence-electron chi connectivity index (χ1n) is 8.10. The van der Waals surface area contributed by atoms with E-state index in [1.807, 2.05) is 11.6 Å². The fourth-order valence-corrected chi connectivity index (χ4v) is 2.78. The van der Waals surface area contributed by atoms with Crippen LogP contribution in [0.1, 0.15) is 44.1 Å². The van der Waals surface area contributed by atoms with Gasteiger partial charge in [-0.05, 0) is 53.4 Å². The van der Waals surface area contributed by atoms with Crippen LogP contribution in [0.4, 0.5) is 0 Å². The molecule has 2 aromatic heterocycles. The van der Waals surface area contributed by atoms with Crippen molar-refractivity contribution in [3.8, 4) is 11.4 Å². The predicted molar refractivity (Wildman–Crippen MR) is 94.5 cm³/mol. The molecular formula is C18H25N5. The second kappa shape index (κ2) is 5.81. The van der Waals surface area contributed by atoms with Gasteiger partial charge in [0.15, 0.2) is 5.65 Å². The molecule has 3 aromatic rings. The van der Waals surface area contributed by atoms with Crippen molar-refractivity contribution in [1.29, 1.82) is 0 Å². The van der Waals surface area contributed by atoms with Crippen molar-refractivity contribution in [2.75, 3.05) is 14.1 Å². The van der Waals surface area contributed by atoms with Crippen LogP contribution in [0.15, 0.2) is 24.3 Å². The van der Waals surface area contributed by atoms with Gasteiger partial charge in [-0.2, -0.15) is 5.10 Å². The molecule has 0 spiro atoms. The average molecular weight is 311 g/mol. The molecule has 0 saturated carbocycles. The zero-order chi connectivity index (χ0) is 16.7. The summed E-state index contributed by atoms with van der Waals surface area (Å²) in [6, 6.07) is 9.24. The molecule has 2 heterocycles. The lowest BCUT2D eigenvalue weighted by atomic mass is 10.0. The number of aromatic nitrogens is 4. The van der Waals surface area contributed by atoms with E-state index in [2.05, 4.69) is 74.1 Å². The fourth-order valence-electron chi connectivity index (χ4n) is 2.78. The van der Waals surface area contributed by atoms with Gasteiger partial charge in [-0.1, -0.05) is 18.2 Å². The van der Waals surface area contributed by atoms with Crippen molar-refractivity contribution in [2.24, 2.45) is 0 Å². The molecule has 1 atom stereocenters. The lowest BCUT2D eigenvalue weighted by molar-refractivity contribution is 0.321. The summed E-state index contributed by atoms with van der Waals surface area (Å²) in [6.45, 7) is 8.48. The van der Waals surface area contributed by atoms with Gasteiger partial charge in [0.1, 0.15) is 11.3 Å². The minimum absolute atomic E-state index is 0.294. The molecule has 5 heteroatoms. The van der Waals surface area contributed by atoms with Gasteiger partial charge in [-0.3, -0.25) is 0 Å². The Bertz CT molecular complexity index is 825. The smallest absolute Gasteiger partial charge is 0.177 e. The Morgan fingerprint density at radius 1 is 1.17 bits per heavy atom. The molecule has 0 aliphatic rings. The van der Waals surface area contributed by atoms with Crippen LogP contribution in [0.3, 0.4) is 0 Å². The molecule has 0 saturated heterocycles. The lowest BCUT2D eigenvalue weighted by Crippen LogP contribution is -2.16. The number of aromatic amines is 1. The van der Waals surface area contributed by atoms with Crippen LogP contribution in [0, 0.1) is 6.92 Å². The van der Waals surface area contributed by atoms with Crippen LogP contribution < -0.4 is 0 Å².